The molecule has 2 aromatic carbocycles. The van der Waals surface area contributed by atoms with Crippen LogP contribution in [0.1, 0.15) is 27.5 Å². The van der Waals surface area contributed by atoms with Crippen LogP contribution in [0, 0.1) is 13.8 Å². The van der Waals surface area contributed by atoms with E-state index >= 15 is 0 Å². The maximum absolute atomic E-state index is 11.6. The maximum Gasteiger partial charge on any atom is 0.312 e. The number of benzene rings is 2. The summed E-state index contributed by atoms with van der Waals surface area (Å²) in [6.07, 6.45) is 0.464. The lowest BCUT2D eigenvalue weighted by Crippen LogP contribution is -2.13. The molecule has 3 aromatic rings. The molecule has 1 heterocycles. The fourth-order valence-corrected chi connectivity index (χ4v) is 3.91. The average Bonchev–Trinajstić information content (AvgIpc) is 3.17. The Morgan fingerprint density at radius 2 is 1.61 bits per heavy atom. The summed E-state index contributed by atoms with van der Waals surface area (Å²) < 4.78 is 11.5. The third-order valence-corrected chi connectivity index (χ3v) is 5.35. The van der Waals surface area contributed by atoms with Crippen molar-refractivity contribution in [1.29, 1.82) is 0 Å². The van der Waals surface area contributed by atoms with E-state index in [9.17, 15) is 9.90 Å². The molecule has 1 unspecified atom stereocenters. The Morgan fingerprint density at radius 1 is 0.964 bits per heavy atom. The molecule has 0 radical (unpaired) electrons. The van der Waals surface area contributed by atoms with Crippen LogP contribution < -0.4 is 9.47 Å². The van der Waals surface area contributed by atoms with E-state index in [1.54, 1.807) is 0 Å². The molecule has 0 aliphatic rings. The summed E-state index contributed by atoms with van der Waals surface area (Å²) in [4.78, 5) is 12.4. The molecule has 0 fully saturated rings. The number of thiophene rings is 1. The van der Waals surface area contributed by atoms with Crippen molar-refractivity contribution in [1.82, 2.24) is 0 Å². The Morgan fingerprint density at radius 3 is 2.18 bits per heavy atom. The minimum Gasteiger partial charge on any atom is -0.490 e. The molecule has 0 saturated heterocycles. The van der Waals surface area contributed by atoms with Crippen LogP contribution in [-0.2, 0) is 11.2 Å². The van der Waals surface area contributed by atoms with Crippen LogP contribution in [0.5, 0.6) is 11.5 Å². The second kappa shape index (κ2) is 9.42. The fourth-order valence-electron chi connectivity index (χ4n) is 3.09. The number of carboxylic acids is 1. The van der Waals surface area contributed by atoms with E-state index in [0.29, 0.717) is 19.6 Å². The number of ether oxygens (including phenoxy) is 2. The van der Waals surface area contributed by atoms with Crippen molar-refractivity contribution in [3.63, 3.8) is 0 Å². The van der Waals surface area contributed by atoms with Gasteiger partial charge < -0.3 is 14.6 Å². The lowest BCUT2D eigenvalue weighted by atomic mass is 9.98. The molecular weight excluding hydrogens is 372 g/mol. The molecule has 28 heavy (non-hydrogen) atoms. The standard InChI is InChI=1S/C23H24O4S/c1-16-12-17(2)14-20(13-16)27-10-9-26-19-7-5-18(6-8-19)15-21(23(24)25)22-4-3-11-28-22/h3-8,11-14,21H,9-10,15H2,1-2H3,(H,24,25). The summed E-state index contributed by atoms with van der Waals surface area (Å²) in [6.45, 7) is 5.00. The van der Waals surface area contributed by atoms with Crippen molar-refractivity contribution in [2.75, 3.05) is 13.2 Å². The van der Waals surface area contributed by atoms with Gasteiger partial charge in [-0.15, -0.1) is 11.3 Å². The Hall–Kier alpha value is -2.79. The number of carbonyl (C=O) groups is 1. The van der Waals surface area contributed by atoms with Gasteiger partial charge in [0.15, 0.2) is 0 Å². The third kappa shape index (κ3) is 5.60. The van der Waals surface area contributed by atoms with Gasteiger partial charge in [-0.2, -0.15) is 0 Å². The summed E-state index contributed by atoms with van der Waals surface area (Å²) in [7, 11) is 0. The fraction of sp³-hybridized carbons (Fsp3) is 0.261. The molecule has 0 spiro atoms. The molecular formula is C23H24O4S. The third-order valence-electron chi connectivity index (χ3n) is 4.36. The van der Waals surface area contributed by atoms with E-state index in [0.717, 1.165) is 21.9 Å². The molecule has 1 atom stereocenters. The molecule has 4 nitrogen and oxygen atoms in total. The van der Waals surface area contributed by atoms with E-state index in [-0.39, 0.29) is 0 Å². The van der Waals surface area contributed by atoms with Crippen LogP contribution in [0.15, 0.2) is 60.0 Å². The van der Waals surface area contributed by atoms with Gasteiger partial charge in [-0.3, -0.25) is 4.79 Å². The van der Waals surface area contributed by atoms with Crippen molar-refractivity contribution in [2.45, 2.75) is 26.2 Å². The van der Waals surface area contributed by atoms with Crippen LogP contribution in [-0.4, -0.2) is 24.3 Å². The molecule has 5 heteroatoms. The SMILES string of the molecule is Cc1cc(C)cc(OCCOc2ccc(CC(C(=O)O)c3cccs3)cc2)c1. The second-order valence-electron chi connectivity index (χ2n) is 6.77. The summed E-state index contributed by atoms with van der Waals surface area (Å²) in [5, 5.41) is 11.4. The van der Waals surface area contributed by atoms with Crippen molar-refractivity contribution >= 4 is 17.3 Å². The number of rotatable bonds is 9. The molecule has 3 rings (SSSR count). The first-order valence-corrected chi connectivity index (χ1v) is 10.1. The minimum absolute atomic E-state index is 0.444. The minimum atomic E-state index is -0.800. The van der Waals surface area contributed by atoms with Gasteiger partial charge in [0, 0.05) is 4.88 Å². The van der Waals surface area contributed by atoms with E-state index in [1.165, 1.54) is 22.5 Å². The highest BCUT2D eigenvalue weighted by atomic mass is 32.1. The number of hydrogen-bond acceptors (Lipinski definition) is 4. The van der Waals surface area contributed by atoms with Gasteiger partial charge in [0.25, 0.3) is 0 Å². The van der Waals surface area contributed by atoms with Crippen LogP contribution in [0.25, 0.3) is 0 Å². The van der Waals surface area contributed by atoms with Crippen LogP contribution >= 0.6 is 11.3 Å². The maximum atomic E-state index is 11.6. The molecule has 0 bridgehead atoms. The smallest absolute Gasteiger partial charge is 0.312 e. The summed E-state index contributed by atoms with van der Waals surface area (Å²) in [6, 6.07) is 17.5. The zero-order chi connectivity index (χ0) is 19.9. The Balaban J connectivity index is 1.49. The van der Waals surface area contributed by atoms with Gasteiger partial charge in [0.2, 0.25) is 0 Å². The van der Waals surface area contributed by atoms with E-state index in [1.807, 2.05) is 67.8 Å². The molecule has 0 aliphatic carbocycles. The number of carboxylic acid groups (broad SMARTS) is 1. The van der Waals surface area contributed by atoms with Crippen molar-refractivity contribution in [2.24, 2.45) is 0 Å². The van der Waals surface area contributed by atoms with Crippen molar-refractivity contribution in [3.8, 4) is 11.5 Å². The summed E-state index contributed by atoms with van der Waals surface area (Å²) in [5.74, 6) is 0.282. The van der Waals surface area contributed by atoms with Crippen molar-refractivity contribution in [3.05, 3.63) is 81.5 Å². The first-order valence-electron chi connectivity index (χ1n) is 9.20. The predicted molar refractivity (Wildman–Crippen MR) is 112 cm³/mol. The summed E-state index contributed by atoms with van der Waals surface area (Å²) in [5.41, 5.74) is 3.32. The largest absolute Gasteiger partial charge is 0.490 e. The van der Waals surface area contributed by atoms with Crippen LogP contribution in [0.3, 0.4) is 0 Å². The monoisotopic (exact) mass is 396 g/mol. The molecule has 146 valence electrons. The van der Waals surface area contributed by atoms with E-state index in [4.69, 9.17) is 9.47 Å². The zero-order valence-corrected chi connectivity index (χ0v) is 16.9. The molecule has 0 saturated carbocycles. The first kappa shape index (κ1) is 20.0. The van der Waals surface area contributed by atoms with Gasteiger partial charge >= 0.3 is 5.97 Å². The lowest BCUT2D eigenvalue weighted by molar-refractivity contribution is -0.138. The van der Waals surface area contributed by atoms with Gasteiger partial charge in [0.1, 0.15) is 24.7 Å². The number of hydrogen-bond donors (Lipinski definition) is 1. The topological polar surface area (TPSA) is 55.8 Å². The highest BCUT2D eigenvalue weighted by Crippen LogP contribution is 2.26. The molecule has 1 aromatic heterocycles. The Labute approximate surface area is 169 Å². The van der Waals surface area contributed by atoms with Gasteiger partial charge in [-0.25, -0.2) is 0 Å². The normalized spacial score (nSPS) is 11.8. The van der Waals surface area contributed by atoms with Gasteiger partial charge in [0.05, 0.1) is 5.92 Å². The average molecular weight is 397 g/mol. The number of aryl methyl sites for hydroxylation is 2. The quantitative estimate of drug-likeness (QED) is 0.503. The highest BCUT2D eigenvalue weighted by molar-refractivity contribution is 7.10. The summed E-state index contributed by atoms with van der Waals surface area (Å²) >= 11 is 1.48. The van der Waals surface area contributed by atoms with Crippen LogP contribution in [0.4, 0.5) is 0 Å². The predicted octanol–water partition coefficient (Wildman–Crippen LogP) is 5.23. The highest BCUT2D eigenvalue weighted by Gasteiger charge is 2.21. The first-order chi connectivity index (χ1) is 13.5. The van der Waals surface area contributed by atoms with E-state index in [2.05, 4.69) is 6.07 Å². The van der Waals surface area contributed by atoms with Gasteiger partial charge in [-0.1, -0.05) is 24.3 Å². The Kier molecular flexibility index (Phi) is 6.71. The molecule has 1 N–H and O–H groups in total. The van der Waals surface area contributed by atoms with Crippen molar-refractivity contribution < 1.29 is 19.4 Å². The van der Waals surface area contributed by atoms with E-state index < -0.39 is 11.9 Å². The zero-order valence-electron chi connectivity index (χ0n) is 16.1. The molecule has 0 aliphatic heterocycles. The van der Waals surface area contributed by atoms with Gasteiger partial charge in [-0.05, 0) is 72.7 Å². The Bertz CT molecular complexity index is 881. The second-order valence-corrected chi connectivity index (χ2v) is 7.75. The molecule has 0 amide bonds. The van der Waals surface area contributed by atoms with Crippen LogP contribution in [0.2, 0.25) is 0 Å². The number of aliphatic carboxylic acids is 1. The lowest BCUT2D eigenvalue weighted by Gasteiger charge is -2.12.